The normalized spacial score (nSPS) is 27.1. The van der Waals surface area contributed by atoms with E-state index >= 15 is 0 Å². The largest absolute Gasteiger partial charge is 0.390 e. The van der Waals surface area contributed by atoms with Crippen LogP contribution in [-0.2, 0) is 11.3 Å². The van der Waals surface area contributed by atoms with Crippen molar-refractivity contribution in [2.45, 2.75) is 56.2 Å². The van der Waals surface area contributed by atoms with Gasteiger partial charge in [0.05, 0.1) is 18.1 Å². The summed E-state index contributed by atoms with van der Waals surface area (Å²) in [5.41, 5.74) is 3.23. The first-order valence-corrected chi connectivity index (χ1v) is 12.0. The lowest BCUT2D eigenvalue weighted by molar-refractivity contribution is -0.139. The molecule has 1 amide bonds. The number of aliphatic imine (C=N–C) groups is 1. The number of rotatable bonds is 5. The van der Waals surface area contributed by atoms with Gasteiger partial charge in [-0.15, -0.1) is 0 Å². The predicted molar refractivity (Wildman–Crippen MR) is 130 cm³/mol. The molecule has 170 valence electrons. The van der Waals surface area contributed by atoms with Crippen molar-refractivity contribution in [2.24, 2.45) is 10.9 Å². The first-order valence-electron chi connectivity index (χ1n) is 11.1. The maximum absolute atomic E-state index is 13.3. The highest BCUT2D eigenvalue weighted by Gasteiger charge is 2.50. The molecule has 2 aromatic rings. The minimum absolute atomic E-state index is 0.0277. The van der Waals surface area contributed by atoms with Crippen LogP contribution in [0.15, 0.2) is 59.6 Å². The second-order valence-electron chi connectivity index (χ2n) is 8.99. The van der Waals surface area contributed by atoms with Gasteiger partial charge in [-0.3, -0.25) is 9.79 Å². The summed E-state index contributed by atoms with van der Waals surface area (Å²) < 4.78 is 0. The van der Waals surface area contributed by atoms with Crippen molar-refractivity contribution in [1.29, 1.82) is 0 Å². The van der Waals surface area contributed by atoms with Crippen molar-refractivity contribution in [3.8, 4) is 0 Å². The topological polar surface area (TPSA) is 85.2 Å². The first-order chi connectivity index (χ1) is 15.3. The predicted octanol–water partition coefficient (Wildman–Crippen LogP) is 3.46. The van der Waals surface area contributed by atoms with Crippen molar-refractivity contribution in [1.82, 2.24) is 4.90 Å². The maximum Gasteiger partial charge on any atom is 0.227 e. The highest BCUT2D eigenvalue weighted by molar-refractivity contribution is 8.15. The molecule has 2 aromatic carbocycles. The highest BCUT2D eigenvalue weighted by Crippen LogP contribution is 2.42. The third-order valence-corrected chi connectivity index (χ3v) is 7.58. The summed E-state index contributed by atoms with van der Waals surface area (Å²) in [5, 5.41) is 24.8. The Labute approximate surface area is 193 Å². The van der Waals surface area contributed by atoms with E-state index in [4.69, 9.17) is 0 Å². The fourth-order valence-corrected chi connectivity index (χ4v) is 5.76. The number of thioether (sulfide) groups is 1. The SMILES string of the molecule is CC(C)c1ccc(NC2=N[C@H]3[C@@H](O)[C@H](O)C[C@H](C(=O)N(C)Cc4ccccc4)[C@H]3S2)cc1. The van der Waals surface area contributed by atoms with Gasteiger partial charge in [-0.1, -0.05) is 68.1 Å². The summed E-state index contributed by atoms with van der Waals surface area (Å²) in [6, 6.07) is 17.5. The molecule has 0 radical (unpaired) electrons. The quantitative estimate of drug-likeness (QED) is 0.646. The number of hydrogen-bond donors (Lipinski definition) is 3. The molecule has 0 unspecified atom stereocenters. The molecule has 6 nitrogen and oxygen atoms in total. The Balaban J connectivity index is 1.47. The second kappa shape index (κ2) is 9.65. The maximum atomic E-state index is 13.3. The summed E-state index contributed by atoms with van der Waals surface area (Å²) in [5.74, 6) is 0.0184. The molecule has 0 bridgehead atoms. The van der Waals surface area contributed by atoms with Crippen LogP contribution < -0.4 is 5.32 Å². The molecular formula is C25H31N3O3S. The second-order valence-corrected chi connectivity index (χ2v) is 10.2. The number of carbonyl (C=O) groups is 1. The van der Waals surface area contributed by atoms with Gasteiger partial charge in [-0.2, -0.15) is 0 Å². The first kappa shape index (κ1) is 22.8. The van der Waals surface area contributed by atoms with Crippen molar-refractivity contribution >= 4 is 28.5 Å². The molecule has 0 aromatic heterocycles. The zero-order chi connectivity index (χ0) is 22.8. The van der Waals surface area contributed by atoms with Crippen molar-refractivity contribution < 1.29 is 15.0 Å². The van der Waals surface area contributed by atoms with Crippen LogP contribution in [0, 0.1) is 5.92 Å². The molecule has 4 rings (SSSR count). The Morgan fingerprint density at radius 2 is 1.84 bits per heavy atom. The minimum Gasteiger partial charge on any atom is -0.390 e. The molecule has 32 heavy (non-hydrogen) atoms. The van der Waals surface area contributed by atoms with E-state index in [1.54, 1.807) is 11.9 Å². The van der Waals surface area contributed by atoms with Gasteiger partial charge in [0, 0.05) is 24.5 Å². The number of aliphatic hydroxyl groups is 2. The van der Waals surface area contributed by atoms with E-state index in [0.29, 0.717) is 17.6 Å². The fourth-order valence-electron chi connectivity index (χ4n) is 4.39. The van der Waals surface area contributed by atoms with Gasteiger partial charge in [-0.25, -0.2) is 0 Å². The van der Waals surface area contributed by atoms with Gasteiger partial charge in [0.1, 0.15) is 6.10 Å². The third kappa shape index (κ3) is 4.85. The number of hydrogen-bond acceptors (Lipinski definition) is 6. The minimum atomic E-state index is -0.974. The van der Waals surface area contributed by atoms with Crippen LogP contribution in [0.1, 0.15) is 37.3 Å². The smallest absolute Gasteiger partial charge is 0.227 e. The number of fused-ring (bicyclic) bond motifs is 1. The van der Waals surface area contributed by atoms with Gasteiger partial charge < -0.3 is 20.4 Å². The molecular weight excluding hydrogens is 422 g/mol. The molecule has 2 aliphatic rings. The third-order valence-electron chi connectivity index (χ3n) is 6.27. The lowest BCUT2D eigenvalue weighted by Crippen LogP contribution is -2.54. The van der Waals surface area contributed by atoms with E-state index in [2.05, 4.69) is 36.3 Å². The molecule has 1 saturated carbocycles. The molecule has 0 saturated heterocycles. The Bertz CT molecular complexity index is 964. The van der Waals surface area contributed by atoms with Crippen molar-refractivity contribution in [3.63, 3.8) is 0 Å². The zero-order valence-electron chi connectivity index (χ0n) is 18.7. The number of amides is 1. The van der Waals surface area contributed by atoms with Crippen LogP contribution in [0.3, 0.4) is 0 Å². The number of nitrogens with zero attached hydrogens (tertiary/aromatic N) is 2. The Morgan fingerprint density at radius 1 is 1.16 bits per heavy atom. The summed E-state index contributed by atoms with van der Waals surface area (Å²) in [6.45, 7) is 4.82. The van der Waals surface area contributed by atoms with Gasteiger partial charge in [0.2, 0.25) is 5.91 Å². The van der Waals surface area contributed by atoms with Crippen LogP contribution in [0.25, 0.3) is 0 Å². The van der Waals surface area contributed by atoms with Gasteiger partial charge in [-0.05, 0) is 35.6 Å². The number of aliphatic hydroxyl groups excluding tert-OH is 2. The molecule has 1 heterocycles. The highest BCUT2D eigenvalue weighted by atomic mass is 32.2. The number of amidine groups is 1. The van der Waals surface area contributed by atoms with Crippen molar-refractivity contribution in [2.75, 3.05) is 12.4 Å². The number of anilines is 1. The van der Waals surface area contributed by atoms with Crippen molar-refractivity contribution in [3.05, 3.63) is 65.7 Å². The molecule has 1 aliphatic carbocycles. The Kier molecular flexibility index (Phi) is 6.88. The van der Waals surface area contributed by atoms with Gasteiger partial charge in [0.25, 0.3) is 0 Å². The molecule has 1 fully saturated rings. The van der Waals surface area contributed by atoms with Crippen LogP contribution >= 0.6 is 11.8 Å². The van der Waals surface area contributed by atoms with E-state index in [1.165, 1.54) is 17.3 Å². The van der Waals surface area contributed by atoms with Crippen LogP contribution in [0.4, 0.5) is 5.69 Å². The number of nitrogens with one attached hydrogen (secondary N) is 1. The van der Waals surface area contributed by atoms with Gasteiger partial charge in [0.15, 0.2) is 5.17 Å². The molecule has 5 atom stereocenters. The summed E-state index contributed by atoms with van der Waals surface area (Å²) >= 11 is 1.49. The van der Waals surface area contributed by atoms with Crippen LogP contribution in [0.2, 0.25) is 0 Å². The Morgan fingerprint density at radius 3 is 2.50 bits per heavy atom. The van der Waals surface area contributed by atoms with E-state index < -0.39 is 24.2 Å². The fraction of sp³-hybridized carbons (Fsp3) is 0.440. The monoisotopic (exact) mass is 453 g/mol. The van der Waals surface area contributed by atoms with Gasteiger partial charge >= 0.3 is 0 Å². The lowest BCUT2D eigenvalue weighted by Gasteiger charge is -2.38. The summed E-state index contributed by atoms with van der Waals surface area (Å²) in [7, 11) is 1.79. The zero-order valence-corrected chi connectivity index (χ0v) is 19.5. The number of benzene rings is 2. The molecule has 7 heteroatoms. The van der Waals surface area contributed by atoms with Crippen LogP contribution in [0.5, 0.6) is 0 Å². The average Bonchev–Trinajstić information content (AvgIpc) is 3.20. The lowest BCUT2D eigenvalue weighted by atomic mass is 9.80. The van der Waals surface area contributed by atoms with E-state index in [9.17, 15) is 15.0 Å². The molecule has 0 spiro atoms. The Hall–Kier alpha value is -2.35. The average molecular weight is 454 g/mol. The van der Waals surface area contributed by atoms with E-state index in [1.807, 2.05) is 42.5 Å². The molecule has 3 N–H and O–H groups in total. The van der Waals surface area contributed by atoms with Crippen LogP contribution in [-0.4, -0.2) is 56.7 Å². The summed E-state index contributed by atoms with van der Waals surface area (Å²) in [4.78, 5) is 19.7. The molecule has 1 aliphatic heterocycles. The summed E-state index contributed by atoms with van der Waals surface area (Å²) in [6.07, 6.45) is -1.71. The number of carbonyl (C=O) groups excluding carboxylic acids is 1. The van der Waals surface area contributed by atoms with E-state index in [0.717, 1.165) is 11.3 Å². The van der Waals surface area contributed by atoms with E-state index in [-0.39, 0.29) is 17.6 Å². The standard InChI is InChI=1S/C25H31N3O3S/c1-15(2)17-9-11-18(12-10-17)26-25-27-21-22(30)20(29)13-19(23(21)32-25)24(31)28(3)14-16-7-5-4-6-8-16/h4-12,15,19-23,29-30H,13-14H2,1-3H3,(H,26,27)/t19-,20+,21-,22-,23+/m0/s1.